The third kappa shape index (κ3) is 9.01. The van der Waals surface area contributed by atoms with Crippen LogP contribution in [0.1, 0.15) is 113 Å². The van der Waals surface area contributed by atoms with Crippen LogP contribution in [-0.2, 0) is 33.9 Å². The van der Waals surface area contributed by atoms with Crippen molar-refractivity contribution in [1.29, 1.82) is 0 Å². The molecule has 44 heavy (non-hydrogen) atoms. The van der Waals surface area contributed by atoms with Gasteiger partial charge in [0.2, 0.25) is 0 Å². The number of aliphatic hydroxyl groups excluding tert-OH is 2. The van der Waals surface area contributed by atoms with Crippen molar-refractivity contribution in [3.63, 3.8) is 0 Å². The van der Waals surface area contributed by atoms with Gasteiger partial charge in [0, 0.05) is 30.3 Å². The molecule has 0 radical (unpaired) electrons. The topological polar surface area (TPSA) is 85.6 Å². The molecule has 5 nitrogen and oxygen atoms in total. The molecule has 0 spiro atoms. The Morgan fingerprint density at radius 2 is 1.66 bits per heavy atom. The van der Waals surface area contributed by atoms with Gasteiger partial charge < -0.3 is 45.5 Å². The van der Waals surface area contributed by atoms with Gasteiger partial charge in [0.15, 0.2) is 0 Å². The number of aromatic nitrogens is 1. The number of aromatic hydroxyl groups is 1. The summed E-state index contributed by atoms with van der Waals surface area (Å²) in [6.07, 6.45) is 18.7. The summed E-state index contributed by atoms with van der Waals surface area (Å²) in [5.41, 5.74) is 3.47. The van der Waals surface area contributed by atoms with Crippen LogP contribution in [0.3, 0.4) is 0 Å². The summed E-state index contributed by atoms with van der Waals surface area (Å²) in [5, 5.41) is 36.0. The molecule has 6 atom stereocenters. The Labute approximate surface area is 292 Å². The van der Waals surface area contributed by atoms with Crippen LogP contribution in [0.4, 0.5) is 0 Å². The second-order valence-electron chi connectivity index (χ2n) is 13.9. The molecule has 1 aromatic carbocycles. The van der Waals surface area contributed by atoms with Crippen molar-refractivity contribution >= 4 is 0 Å². The van der Waals surface area contributed by atoms with Crippen LogP contribution in [-0.4, -0.2) is 46.1 Å². The number of pyridine rings is 1. The zero-order valence-electron chi connectivity index (χ0n) is 26.4. The van der Waals surface area contributed by atoms with Crippen LogP contribution in [0, 0.1) is 22.7 Å². The second-order valence-corrected chi connectivity index (χ2v) is 13.9. The van der Waals surface area contributed by atoms with Crippen LogP contribution < -0.4 is 30.1 Å². The van der Waals surface area contributed by atoms with E-state index in [0.29, 0.717) is 23.5 Å². The Morgan fingerprint density at radius 1 is 0.932 bits per heavy atom. The first-order valence-electron chi connectivity index (χ1n) is 16.7. The summed E-state index contributed by atoms with van der Waals surface area (Å²) in [7, 11) is 0. The Hall–Kier alpha value is -0.682. The minimum atomic E-state index is -0.412. The third-order valence-electron chi connectivity index (χ3n) is 11.4. The molecule has 5 rings (SSSR count). The van der Waals surface area contributed by atoms with E-state index in [1.807, 2.05) is 24.4 Å². The van der Waals surface area contributed by atoms with Gasteiger partial charge in [-0.2, -0.15) is 0 Å². The number of fused-ring (bicyclic) bond motifs is 5. The number of hydrogen-bond donors (Lipinski definition) is 4. The zero-order valence-corrected chi connectivity index (χ0v) is 30.2. The molecule has 3 unspecified atom stereocenters. The van der Waals surface area contributed by atoms with Crippen molar-refractivity contribution < 1.29 is 61.2 Å². The monoisotopic (exact) mass is 827 g/mol. The molecule has 2 fully saturated rings. The Bertz CT molecular complexity index is 1110. The van der Waals surface area contributed by atoms with Gasteiger partial charge in [-0.3, -0.25) is 4.98 Å². The van der Waals surface area contributed by atoms with E-state index in [-0.39, 0.29) is 63.3 Å². The fraction of sp³-hybridized carbons (Fsp3) is 0.694. The van der Waals surface area contributed by atoms with E-state index in [1.54, 1.807) is 0 Å². The van der Waals surface area contributed by atoms with E-state index in [9.17, 15) is 15.3 Å². The molecule has 3 aliphatic rings. The minimum Gasteiger partial charge on any atom is -1.00 e. The number of nitrogens with one attached hydrogen (secondary N) is 1. The molecule has 250 valence electrons. The van der Waals surface area contributed by atoms with Gasteiger partial charge in [-0.25, -0.2) is 0 Å². The number of unbranched alkanes of at least 4 members (excludes halogenated alkanes) is 7. The number of hydrogen-bond acceptors (Lipinski definition) is 5. The number of nitrogens with zero attached hydrogens (tertiary/aromatic N) is 1. The molecular weight excluding hydrogens is 774 g/mol. The maximum atomic E-state index is 11.7. The van der Waals surface area contributed by atoms with Gasteiger partial charge in [-0.05, 0) is 110 Å². The van der Waals surface area contributed by atoms with E-state index in [4.69, 9.17) is 0 Å². The molecule has 1 heterocycles. The molecule has 1 aromatic heterocycles. The van der Waals surface area contributed by atoms with Gasteiger partial charge in [-0.15, -0.1) is 0 Å². The Kier molecular flexibility index (Phi) is 16.7. The average Bonchev–Trinajstić information content (AvgIpc) is 3.22. The van der Waals surface area contributed by atoms with Crippen molar-refractivity contribution in [2.24, 2.45) is 22.7 Å². The van der Waals surface area contributed by atoms with Gasteiger partial charge in [0.25, 0.3) is 0 Å². The van der Waals surface area contributed by atoms with Crippen LogP contribution in [0.5, 0.6) is 5.75 Å². The van der Waals surface area contributed by atoms with Crippen molar-refractivity contribution in [2.75, 3.05) is 19.7 Å². The predicted molar refractivity (Wildman–Crippen MR) is 166 cm³/mol. The summed E-state index contributed by atoms with van der Waals surface area (Å²) >= 11 is 0. The van der Waals surface area contributed by atoms with Gasteiger partial charge >= 0.3 is 21.1 Å². The smallest absolute Gasteiger partial charge is 1.00 e. The summed E-state index contributed by atoms with van der Waals surface area (Å²) in [4.78, 5) is 4.37. The largest absolute Gasteiger partial charge is 2.00 e. The first kappa shape index (κ1) is 39.5. The van der Waals surface area contributed by atoms with E-state index in [2.05, 4.69) is 35.4 Å². The molecular formula is C36H54Cl2N2O3Pt. The standard InChI is InChI=1S/C36H54N2O3.2ClH.Pt/c1-35-20-17-31-30-16-14-29(40)24-27(30)13-15-32(31)33(35)25-36(26-39,34(35)41)19-9-6-4-2-3-5-7-10-21-37-23-18-28-12-8-11-22-38-28;;;/h8,11-12,14,16,22,24,31-34,37,39-41H,2-7,9-10,13,15,17-21,23,25-26H2,1H3;2*1H;/q;;;+2/p-2/t31?,32?,33?,34-,35+,36-;;;/m1.../s1. The van der Waals surface area contributed by atoms with Gasteiger partial charge in [-0.1, -0.05) is 64.0 Å². The second kappa shape index (κ2) is 18.6. The zero-order chi connectivity index (χ0) is 28.7. The summed E-state index contributed by atoms with van der Waals surface area (Å²) in [6, 6.07) is 12.1. The molecule has 2 saturated carbocycles. The van der Waals surface area contributed by atoms with Crippen LogP contribution in [0.2, 0.25) is 0 Å². The maximum Gasteiger partial charge on any atom is 2.00 e. The van der Waals surface area contributed by atoms with Crippen LogP contribution >= 0.6 is 0 Å². The third-order valence-corrected chi connectivity index (χ3v) is 11.4. The van der Waals surface area contributed by atoms with Crippen molar-refractivity contribution in [3.05, 3.63) is 59.4 Å². The normalized spacial score (nSPS) is 28.4. The van der Waals surface area contributed by atoms with Crippen molar-refractivity contribution in [1.82, 2.24) is 10.3 Å². The summed E-state index contributed by atoms with van der Waals surface area (Å²) in [5.74, 6) is 1.94. The fourth-order valence-electron chi connectivity index (χ4n) is 9.03. The van der Waals surface area contributed by atoms with E-state index in [1.165, 1.54) is 56.1 Å². The van der Waals surface area contributed by atoms with Crippen molar-refractivity contribution in [3.8, 4) is 5.75 Å². The number of phenols is 1. The van der Waals surface area contributed by atoms with E-state index < -0.39 is 6.10 Å². The number of aliphatic hydroxyl groups is 2. The molecule has 2 aromatic rings. The SMILES string of the molecule is C[C@]12CCC3c4ccc(O)cc4CCC3C1C[C@@](CO)(CCCCCCCCCCNCCc1ccccn1)[C@@H]2O.[Cl-].[Cl-].[Pt+2]. The average molecular weight is 829 g/mol. The number of benzene rings is 1. The first-order chi connectivity index (χ1) is 20.0. The molecule has 4 N–H and O–H groups in total. The Morgan fingerprint density at radius 3 is 2.36 bits per heavy atom. The molecule has 0 saturated heterocycles. The number of halogens is 2. The van der Waals surface area contributed by atoms with Gasteiger partial charge in [0.1, 0.15) is 5.75 Å². The van der Waals surface area contributed by atoms with E-state index >= 15 is 0 Å². The maximum absolute atomic E-state index is 11.7. The minimum absolute atomic E-state index is 0. The number of aryl methyl sites for hydroxylation is 1. The molecule has 8 heteroatoms. The van der Waals surface area contributed by atoms with Crippen LogP contribution in [0.25, 0.3) is 0 Å². The first-order valence-corrected chi connectivity index (χ1v) is 16.7. The fourth-order valence-corrected chi connectivity index (χ4v) is 9.03. The number of phenolic OH excluding ortho intramolecular Hbond substituents is 1. The number of rotatable bonds is 15. The molecule has 3 aliphatic carbocycles. The Balaban J connectivity index is 0.00000225. The van der Waals surface area contributed by atoms with Gasteiger partial charge in [0.05, 0.1) is 12.7 Å². The van der Waals surface area contributed by atoms with E-state index in [0.717, 1.165) is 70.2 Å². The summed E-state index contributed by atoms with van der Waals surface area (Å²) in [6.45, 7) is 4.52. The quantitative estimate of drug-likeness (QED) is 0.201. The molecule has 0 aliphatic heterocycles. The van der Waals surface area contributed by atoms with Crippen LogP contribution in [0.15, 0.2) is 42.6 Å². The summed E-state index contributed by atoms with van der Waals surface area (Å²) < 4.78 is 0. The predicted octanol–water partition coefficient (Wildman–Crippen LogP) is 0.942. The molecule has 0 bridgehead atoms. The molecule has 0 amide bonds. The van der Waals surface area contributed by atoms with Crippen molar-refractivity contribution in [2.45, 2.75) is 115 Å².